The SMILES string of the molecule is COCCCN(C)CC(=O)c1ccc(SC)cc1. The largest absolute Gasteiger partial charge is 0.385 e. The van der Waals surface area contributed by atoms with Crippen LogP contribution < -0.4 is 0 Å². The van der Waals surface area contributed by atoms with Crippen molar-refractivity contribution >= 4 is 17.5 Å². The first kappa shape index (κ1) is 15.2. The van der Waals surface area contributed by atoms with E-state index >= 15 is 0 Å². The monoisotopic (exact) mass is 267 g/mol. The summed E-state index contributed by atoms with van der Waals surface area (Å²) in [6, 6.07) is 7.78. The maximum atomic E-state index is 12.0. The highest BCUT2D eigenvalue weighted by Gasteiger charge is 2.08. The molecular weight excluding hydrogens is 246 g/mol. The van der Waals surface area contributed by atoms with E-state index in [0.29, 0.717) is 6.54 Å². The zero-order chi connectivity index (χ0) is 13.4. The Bertz CT molecular complexity index is 365. The summed E-state index contributed by atoms with van der Waals surface area (Å²) in [5, 5.41) is 0. The Balaban J connectivity index is 2.43. The second kappa shape index (κ2) is 8.29. The maximum Gasteiger partial charge on any atom is 0.176 e. The van der Waals surface area contributed by atoms with Crippen LogP contribution in [-0.2, 0) is 4.74 Å². The van der Waals surface area contributed by atoms with Gasteiger partial charge in [0, 0.05) is 30.7 Å². The second-order valence-corrected chi connectivity index (χ2v) is 5.12. The molecule has 0 saturated heterocycles. The van der Waals surface area contributed by atoms with E-state index in [1.807, 2.05) is 42.5 Å². The summed E-state index contributed by atoms with van der Waals surface area (Å²) in [7, 11) is 3.66. The zero-order valence-electron chi connectivity index (χ0n) is 11.3. The summed E-state index contributed by atoms with van der Waals surface area (Å²) in [5.74, 6) is 0.169. The standard InChI is InChI=1S/C14H21NO2S/c1-15(9-4-10-17-2)11-14(16)12-5-7-13(18-3)8-6-12/h5-8H,4,9-11H2,1-3H3. The number of nitrogens with zero attached hydrogens (tertiary/aromatic N) is 1. The molecular formula is C14H21NO2S. The number of carbonyl (C=O) groups excluding carboxylic acids is 1. The number of benzene rings is 1. The van der Waals surface area contributed by atoms with Crippen molar-refractivity contribution in [3.8, 4) is 0 Å². The van der Waals surface area contributed by atoms with Crippen LogP contribution in [0, 0.1) is 0 Å². The molecule has 0 heterocycles. The van der Waals surface area contributed by atoms with Gasteiger partial charge >= 0.3 is 0 Å². The molecule has 0 aliphatic rings. The second-order valence-electron chi connectivity index (χ2n) is 4.24. The molecule has 4 heteroatoms. The average molecular weight is 267 g/mol. The molecule has 0 saturated carbocycles. The van der Waals surface area contributed by atoms with E-state index in [1.165, 1.54) is 4.90 Å². The number of Topliss-reactive ketones (excluding diaryl/α,β-unsaturated/α-hetero) is 1. The lowest BCUT2D eigenvalue weighted by Gasteiger charge is -2.15. The van der Waals surface area contributed by atoms with Gasteiger partial charge in [0.25, 0.3) is 0 Å². The van der Waals surface area contributed by atoms with E-state index in [4.69, 9.17) is 4.74 Å². The van der Waals surface area contributed by atoms with E-state index in [2.05, 4.69) is 0 Å². The van der Waals surface area contributed by atoms with Crippen molar-refractivity contribution in [1.29, 1.82) is 0 Å². The third-order valence-electron chi connectivity index (χ3n) is 2.71. The highest BCUT2D eigenvalue weighted by molar-refractivity contribution is 7.98. The lowest BCUT2D eigenvalue weighted by Crippen LogP contribution is -2.27. The van der Waals surface area contributed by atoms with Crippen molar-refractivity contribution in [2.75, 3.05) is 40.1 Å². The molecule has 1 aromatic rings. The number of carbonyl (C=O) groups is 1. The van der Waals surface area contributed by atoms with Crippen molar-refractivity contribution in [1.82, 2.24) is 4.90 Å². The van der Waals surface area contributed by atoms with Crippen LogP contribution in [0.15, 0.2) is 29.2 Å². The normalized spacial score (nSPS) is 10.9. The van der Waals surface area contributed by atoms with Gasteiger partial charge in [0.1, 0.15) is 0 Å². The van der Waals surface area contributed by atoms with Gasteiger partial charge in [-0.15, -0.1) is 11.8 Å². The fraction of sp³-hybridized carbons (Fsp3) is 0.500. The van der Waals surface area contributed by atoms with Gasteiger partial charge in [-0.3, -0.25) is 9.69 Å². The number of ether oxygens (including phenoxy) is 1. The number of methoxy groups -OCH3 is 1. The third kappa shape index (κ3) is 5.21. The first-order valence-electron chi connectivity index (χ1n) is 6.02. The molecule has 0 spiro atoms. The van der Waals surface area contributed by atoms with Gasteiger partial charge in [0.15, 0.2) is 5.78 Å². The third-order valence-corrected chi connectivity index (χ3v) is 3.46. The molecule has 0 fully saturated rings. The van der Waals surface area contributed by atoms with E-state index in [9.17, 15) is 4.79 Å². The van der Waals surface area contributed by atoms with Crippen LogP contribution in [-0.4, -0.2) is 50.8 Å². The van der Waals surface area contributed by atoms with E-state index in [-0.39, 0.29) is 5.78 Å². The van der Waals surface area contributed by atoms with Crippen LogP contribution >= 0.6 is 11.8 Å². The van der Waals surface area contributed by atoms with Crippen molar-refractivity contribution in [2.24, 2.45) is 0 Å². The number of ketones is 1. The summed E-state index contributed by atoms with van der Waals surface area (Å²) in [6.07, 6.45) is 2.98. The molecule has 18 heavy (non-hydrogen) atoms. The molecule has 0 atom stereocenters. The molecule has 0 radical (unpaired) electrons. The van der Waals surface area contributed by atoms with Crippen molar-refractivity contribution in [3.05, 3.63) is 29.8 Å². The molecule has 0 amide bonds. The van der Waals surface area contributed by atoms with Crippen LogP contribution in [0.3, 0.4) is 0 Å². The summed E-state index contributed by atoms with van der Waals surface area (Å²) < 4.78 is 4.99. The predicted octanol–water partition coefficient (Wildman–Crippen LogP) is 2.56. The van der Waals surface area contributed by atoms with Crippen molar-refractivity contribution < 1.29 is 9.53 Å². The molecule has 0 aliphatic carbocycles. The fourth-order valence-corrected chi connectivity index (χ4v) is 2.08. The van der Waals surface area contributed by atoms with Gasteiger partial charge in [0.05, 0.1) is 6.54 Å². The maximum absolute atomic E-state index is 12.0. The number of hydrogen-bond donors (Lipinski definition) is 0. The van der Waals surface area contributed by atoms with Gasteiger partial charge in [-0.2, -0.15) is 0 Å². The minimum absolute atomic E-state index is 0.169. The summed E-state index contributed by atoms with van der Waals surface area (Å²) in [6.45, 7) is 2.08. The molecule has 0 N–H and O–H groups in total. The van der Waals surface area contributed by atoms with Crippen LogP contribution in [0.4, 0.5) is 0 Å². The topological polar surface area (TPSA) is 29.5 Å². The van der Waals surface area contributed by atoms with Gasteiger partial charge in [-0.1, -0.05) is 12.1 Å². The van der Waals surface area contributed by atoms with Crippen LogP contribution in [0.25, 0.3) is 0 Å². The number of hydrogen-bond acceptors (Lipinski definition) is 4. The van der Waals surface area contributed by atoms with E-state index < -0.39 is 0 Å². The van der Waals surface area contributed by atoms with Crippen LogP contribution in [0.2, 0.25) is 0 Å². The summed E-state index contributed by atoms with van der Waals surface area (Å²) in [4.78, 5) is 15.2. The first-order valence-corrected chi connectivity index (χ1v) is 7.24. The molecule has 1 aromatic carbocycles. The Morgan fingerprint density at radius 1 is 1.33 bits per heavy atom. The van der Waals surface area contributed by atoms with E-state index in [0.717, 1.165) is 25.1 Å². The fourth-order valence-electron chi connectivity index (χ4n) is 1.67. The Morgan fingerprint density at radius 2 is 2.00 bits per heavy atom. The van der Waals surface area contributed by atoms with Gasteiger partial charge in [-0.05, 0) is 31.9 Å². The highest BCUT2D eigenvalue weighted by Crippen LogP contribution is 2.15. The summed E-state index contributed by atoms with van der Waals surface area (Å²) >= 11 is 1.68. The van der Waals surface area contributed by atoms with E-state index in [1.54, 1.807) is 18.9 Å². The van der Waals surface area contributed by atoms with Gasteiger partial charge in [-0.25, -0.2) is 0 Å². The quantitative estimate of drug-likeness (QED) is 0.411. The van der Waals surface area contributed by atoms with Gasteiger partial charge in [0.2, 0.25) is 0 Å². The molecule has 0 aliphatic heterocycles. The number of rotatable bonds is 8. The Morgan fingerprint density at radius 3 is 2.56 bits per heavy atom. The molecule has 0 bridgehead atoms. The highest BCUT2D eigenvalue weighted by atomic mass is 32.2. The summed E-state index contributed by atoms with van der Waals surface area (Å²) in [5.41, 5.74) is 0.784. The average Bonchev–Trinajstić information content (AvgIpc) is 2.39. The molecule has 3 nitrogen and oxygen atoms in total. The Kier molecular flexibility index (Phi) is 7.01. The predicted molar refractivity (Wildman–Crippen MR) is 76.5 cm³/mol. The minimum atomic E-state index is 0.169. The lowest BCUT2D eigenvalue weighted by molar-refractivity contribution is 0.0938. The zero-order valence-corrected chi connectivity index (χ0v) is 12.1. The van der Waals surface area contributed by atoms with Crippen LogP contribution in [0.1, 0.15) is 16.8 Å². The first-order chi connectivity index (χ1) is 8.67. The smallest absolute Gasteiger partial charge is 0.176 e. The van der Waals surface area contributed by atoms with Crippen molar-refractivity contribution in [2.45, 2.75) is 11.3 Å². The van der Waals surface area contributed by atoms with Crippen molar-refractivity contribution in [3.63, 3.8) is 0 Å². The number of thioether (sulfide) groups is 1. The number of likely N-dealkylation sites (N-methyl/N-ethyl adjacent to an activating group) is 1. The van der Waals surface area contributed by atoms with Gasteiger partial charge < -0.3 is 4.74 Å². The minimum Gasteiger partial charge on any atom is -0.385 e. The molecule has 0 aromatic heterocycles. The van der Waals surface area contributed by atoms with Crippen LogP contribution in [0.5, 0.6) is 0 Å². The lowest BCUT2D eigenvalue weighted by atomic mass is 10.1. The molecule has 100 valence electrons. The Labute approximate surface area is 114 Å². The molecule has 1 rings (SSSR count). The Hall–Kier alpha value is -0.840. The molecule has 0 unspecified atom stereocenters.